The molecule has 0 unspecified atom stereocenters. The Labute approximate surface area is 327 Å². The minimum Gasteiger partial charge on any atom is -0.508 e. The molecule has 0 radical (unpaired) electrons. The summed E-state index contributed by atoms with van der Waals surface area (Å²) < 4.78 is 59.2. The number of fused-ring (bicyclic) bond motifs is 8. The fourth-order valence-corrected chi connectivity index (χ4v) is 8.30. The molecule has 0 saturated carbocycles. The molecule has 4 aromatic carbocycles. The number of ether oxygens (including phenoxy) is 5. The number of aromatic nitrogens is 2. The highest BCUT2D eigenvalue weighted by Crippen LogP contribution is 2.55. The number of hydrogen-bond acceptors (Lipinski definition) is 13. The summed E-state index contributed by atoms with van der Waals surface area (Å²) in [4.78, 5) is 19.8. The number of anilines is 1. The fourth-order valence-electron chi connectivity index (χ4n) is 7.94. The summed E-state index contributed by atoms with van der Waals surface area (Å²) in [6, 6.07) is 16.9. The van der Waals surface area contributed by atoms with Gasteiger partial charge in [0.15, 0.2) is 34.2 Å². The molecule has 5 aromatic rings. The molecule has 1 fully saturated rings. The number of rotatable bonds is 2. The Morgan fingerprint density at radius 2 is 1.38 bits per heavy atom. The normalized spacial score (nSPS) is 23.8. The number of hydrogen-bond donors (Lipinski definition) is 3. The number of nitrogens with two attached hydrogens (primary N) is 2. The Balaban J connectivity index is 0.000000161. The summed E-state index contributed by atoms with van der Waals surface area (Å²) in [7, 11) is 0. The van der Waals surface area contributed by atoms with E-state index >= 15 is 4.39 Å². The van der Waals surface area contributed by atoms with Gasteiger partial charge in [0.05, 0.1) is 24.1 Å². The van der Waals surface area contributed by atoms with E-state index in [1.54, 1.807) is 36.8 Å². The lowest BCUT2D eigenvalue weighted by Crippen LogP contribution is -2.45. The van der Waals surface area contributed by atoms with Crippen molar-refractivity contribution in [1.82, 2.24) is 9.97 Å². The van der Waals surface area contributed by atoms with E-state index in [2.05, 4.69) is 35.8 Å². The average molecular weight is 827 g/mol. The number of amidine groups is 2. The van der Waals surface area contributed by atoms with E-state index in [0.717, 1.165) is 27.4 Å². The SMILES string of the molecule is C[C@@H]1CN(c2cc(F)c3c(c2)[C@]2(COC(N)=N2)c2cc(-c4cnccn4)ccc2O3)C[C@H](C)O1.NC1=N[C@@]2(CO1)c1cc(Br)ccc1Oc1c(F)cc(O)cc12. The van der Waals surface area contributed by atoms with Crippen LogP contribution in [0.2, 0.25) is 0 Å². The molecule has 5 aliphatic rings. The molecule has 0 amide bonds. The first-order valence-electron chi connectivity index (χ1n) is 17.7. The third-order valence-electron chi connectivity index (χ3n) is 10.3. The van der Waals surface area contributed by atoms with Crippen LogP contribution in [0.5, 0.6) is 28.7 Å². The highest BCUT2D eigenvalue weighted by molar-refractivity contribution is 9.10. The molecule has 5 N–H and O–H groups in total. The van der Waals surface area contributed by atoms with E-state index < -0.39 is 22.7 Å². The molecule has 0 bridgehead atoms. The molecule has 0 aliphatic carbocycles. The highest BCUT2D eigenvalue weighted by Gasteiger charge is 2.50. The smallest absolute Gasteiger partial charge is 0.283 e. The summed E-state index contributed by atoms with van der Waals surface area (Å²) in [5.74, 6) is -0.190. The number of nitrogens with zero attached hydrogens (tertiary/aromatic N) is 5. The number of morpholine rings is 1. The molecule has 1 saturated heterocycles. The Hall–Kier alpha value is -6.00. The third kappa shape index (κ3) is 5.91. The maximum Gasteiger partial charge on any atom is 0.283 e. The Morgan fingerprint density at radius 1 is 0.768 bits per heavy atom. The van der Waals surface area contributed by atoms with Crippen LogP contribution in [0.1, 0.15) is 36.1 Å². The maximum atomic E-state index is 15.5. The zero-order valence-corrected chi connectivity index (χ0v) is 31.6. The van der Waals surface area contributed by atoms with Crippen LogP contribution in [0.15, 0.2) is 93.7 Å². The Morgan fingerprint density at radius 3 is 1.98 bits per heavy atom. The van der Waals surface area contributed by atoms with E-state index in [1.165, 1.54) is 12.1 Å². The molecule has 16 heteroatoms. The van der Waals surface area contributed by atoms with Crippen LogP contribution in [0.4, 0.5) is 14.5 Å². The van der Waals surface area contributed by atoms with Crippen molar-refractivity contribution >= 4 is 33.7 Å². The van der Waals surface area contributed by atoms with Gasteiger partial charge in [0, 0.05) is 75.6 Å². The molecule has 286 valence electrons. The highest BCUT2D eigenvalue weighted by atomic mass is 79.9. The molecule has 6 heterocycles. The summed E-state index contributed by atoms with van der Waals surface area (Å²) in [6.07, 6.45) is 5.01. The van der Waals surface area contributed by atoms with E-state index in [1.807, 2.05) is 38.1 Å². The topological polar surface area (TPSA) is 172 Å². The summed E-state index contributed by atoms with van der Waals surface area (Å²) in [5, 5.41) is 9.76. The van der Waals surface area contributed by atoms with E-state index in [4.69, 9.17) is 40.1 Å². The number of phenols is 1. The standard InChI is InChI=1S/C25H24FN5O3.C15H10BrFN2O3/c1-14-11-31(12-15(2)33-14)17-8-19-23(20(26)9-17)34-22-4-3-16(21-10-28-5-6-29-21)7-18(22)25(19)13-32-24(27)30-25;16-7-1-2-12-9(3-7)15(6-21-14(18)19-15)10-4-8(20)5-11(17)13(10)22-12/h3-10,14-15H,11-13H2,1-2H3,(H2,27,30);1-5,20H,6H2,(H2,18,19)/t14-,15+,25-;15-/m00/s1. The molecular weight excluding hydrogens is 792 g/mol. The first-order chi connectivity index (χ1) is 26.9. The van der Waals surface area contributed by atoms with Crippen LogP contribution in [-0.4, -0.2) is 65.6 Å². The van der Waals surface area contributed by atoms with Gasteiger partial charge in [-0.3, -0.25) is 9.97 Å². The number of benzene rings is 4. The van der Waals surface area contributed by atoms with Crippen molar-refractivity contribution in [3.8, 4) is 40.0 Å². The van der Waals surface area contributed by atoms with Gasteiger partial charge in [-0.1, -0.05) is 15.9 Å². The number of phenolic OH excluding ortho intramolecular Hbond substituents is 1. The van der Waals surface area contributed by atoms with Gasteiger partial charge < -0.3 is 45.2 Å². The maximum absolute atomic E-state index is 15.5. The van der Waals surface area contributed by atoms with Crippen LogP contribution in [0.3, 0.4) is 0 Å². The van der Waals surface area contributed by atoms with Crippen molar-refractivity contribution < 1.29 is 37.6 Å². The van der Waals surface area contributed by atoms with Crippen molar-refractivity contribution in [2.45, 2.75) is 37.1 Å². The van der Waals surface area contributed by atoms with Crippen LogP contribution >= 0.6 is 15.9 Å². The number of halogens is 3. The summed E-state index contributed by atoms with van der Waals surface area (Å²) >= 11 is 3.41. The molecule has 13 nitrogen and oxygen atoms in total. The van der Waals surface area contributed by atoms with Gasteiger partial charge in [0.25, 0.3) is 12.0 Å². The zero-order chi connectivity index (χ0) is 38.9. The predicted molar refractivity (Wildman–Crippen MR) is 205 cm³/mol. The molecule has 4 atom stereocenters. The van der Waals surface area contributed by atoms with Gasteiger partial charge in [0.2, 0.25) is 0 Å². The van der Waals surface area contributed by atoms with E-state index in [-0.39, 0.29) is 54.7 Å². The van der Waals surface area contributed by atoms with E-state index in [0.29, 0.717) is 47.0 Å². The van der Waals surface area contributed by atoms with Gasteiger partial charge in [-0.05, 0) is 62.4 Å². The fraction of sp³-hybridized carbons (Fsp3) is 0.250. The lowest BCUT2D eigenvalue weighted by molar-refractivity contribution is -0.00524. The van der Waals surface area contributed by atoms with Crippen molar-refractivity contribution in [3.05, 3.63) is 118 Å². The number of aromatic hydroxyl groups is 1. The minimum absolute atomic E-state index is 0.0162. The number of aliphatic imine (C=N–C) groups is 2. The van der Waals surface area contributed by atoms with Crippen molar-refractivity contribution in [2.75, 3.05) is 31.2 Å². The quantitative estimate of drug-likeness (QED) is 0.176. The average Bonchev–Trinajstić information content (AvgIpc) is 3.76. The van der Waals surface area contributed by atoms with Crippen LogP contribution in [0, 0.1) is 11.6 Å². The van der Waals surface area contributed by atoms with Crippen molar-refractivity contribution in [1.29, 1.82) is 0 Å². The second-order valence-corrected chi connectivity index (χ2v) is 15.0. The van der Waals surface area contributed by atoms with Crippen molar-refractivity contribution in [2.24, 2.45) is 21.5 Å². The van der Waals surface area contributed by atoms with Crippen LogP contribution in [0.25, 0.3) is 11.3 Å². The third-order valence-corrected chi connectivity index (χ3v) is 10.8. The van der Waals surface area contributed by atoms with Gasteiger partial charge in [-0.25, -0.2) is 18.8 Å². The van der Waals surface area contributed by atoms with E-state index in [9.17, 15) is 9.50 Å². The largest absolute Gasteiger partial charge is 0.508 e. The molecule has 1 aromatic heterocycles. The lowest BCUT2D eigenvalue weighted by atomic mass is 9.80. The monoisotopic (exact) mass is 825 g/mol. The molecular formula is C40H34BrF2N7O6. The van der Waals surface area contributed by atoms with Crippen molar-refractivity contribution in [3.63, 3.8) is 0 Å². The predicted octanol–water partition coefficient (Wildman–Crippen LogP) is 6.58. The molecule has 56 heavy (non-hydrogen) atoms. The van der Waals surface area contributed by atoms with Crippen LogP contribution < -0.4 is 25.8 Å². The summed E-state index contributed by atoms with van der Waals surface area (Å²) in [6.45, 7) is 5.61. The first kappa shape index (κ1) is 35.7. The van der Waals surface area contributed by atoms with Crippen LogP contribution in [-0.2, 0) is 25.3 Å². The Bertz CT molecular complexity index is 2460. The molecule has 2 spiro atoms. The van der Waals surface area contributed by atoms with Gasteiger partial charge in [-0.15, -0.1) is 0 Å². The second-order valence-electron chi connectivity index (χ2n) is 14.1. The minimum atomic E-state index is -1.04. The first-order valence-corrected chi connectivity index (χ1v) is 18.5. The summed E-state index contributed by atoms with van der Waals surface area (Å²) in [5.41, 5.74) is 14.3. The van der Waals surface area contributed by atoms with Gasteiger partial charge in [-0.2, -0.15) is 0 Å². The van der Waals surface area contributed by atoms with Gasteiger partial charge in [0.1, 0.15) is 30.5 Å². The molecule has 10 rings (SSSR count). The second kappa shape index (κ2) is 13.3. The Kier molecular flexibility index (Phi) is 8.50. The lowest BCUT2D eigenvalue weighted by Gasteiger charge is -2.39. The zero-order valence-electron chi connectivity index (χ0n) is 30.0. The van der Waals surface area contributed by atoms with Gasteiger partial charge >= 0.3 is 0 Å². The molecule has 5 aliphatic heterocycles.